The molecular weight excluding hydrogens is 636 g/mol. The highest BCUT2D eigenvalue weighted by atomic mass is 16.5. The lowest BCUT2D eigenvalue weighted by molar-refractivity contribution is -0.148. The van der Waals surface area contributed by atoms with E-state index < -0.39 is 35.4 Å². The first-order valence-electron chi connectivity index (χ1n) is 16.1. The third-order valence-electron chi connectivity index (χ3n) is 7.36. The highest BCUT2D eigenvalue weighted by Gasteiger charge is 2.27. The highest BCUT2D eigenvalue weighted by Crippen LogP contribution is 2.15. The predicted octanol–water partition coefficient (Wildman–Crippen LogP) is 1.51. The van der Waals surface area contributed by atoms with Gasteiger partial charge in [0.2, 0.25) is 11.8 Å². The predicted molar refractivity (Wildman–Crippen MR) is 182 cm³/mol. The first-order chi connectivity index (χ1) is 23.3. The van der Waals surface area contributed by atoms with E-state index >= 15 is 0 Å². The number of hydrogen-bond donors (Lipinski definition) is 7. The lowest BCUT2D eigenvalue weighted by atomic mass is 10.0. The number of carbonyl (C=O) groups excluding carboxylic acids is 4. The number of carbonyl (C=O) groups is 4. The molecule has 3 rings (SSSR count). The van der Waals surface area contributed by atoms with E-state index in [-0.39, 0.29) is 43.3 Å². The molecule has 266 valence electrons. The molecule has 16 nitrogen and oxygen atoms in total. The Morgan fingerprint density at radius 1 is 0.857 bits per heavy atom. The van der Waals surface area contributed by atoms with Gasteiger partial charge in [-0.15, -0.1) is 0 Å². The lowest BCUT2D eigenvalue weighted by Crippen LogP contribution is -2.53. The molecule has 0 fully saturated rings. The van der Waals surface area contributed by atoms with Gasteiger partial charge in [-0.05, 0) is 73.7 Å². The number of nitrogens with zero attached hydrogens (tertiary/aromatic N) is 1. The minimum Gasteiger partial charge on any atom is -0.494 e. The van der Waals surface area contributed by atoms with Gasteiger partial charge in [0, 0.05) is 12.2 Å². The molecule has 0 bridgehead atoms. The van der Waals surface area contributed by atoms with Crippen LogP contribution in [0.5, 0.6) is 5.75 Å². The van der Waals surface area contributed by atoms with E-state index in [9.17, 15) is 28.8 Å². The van der Waals surface area contributed by atoms with Gasteiger partial charge in [-0.1, -0.05) is 39.8 Å². The van der Waals surface area contributed by atoms with Crippen LogP contribution in [-0.4, -0.2) is 70.4 Å². The van der Waals surface area contributed by atoms with E-state index in [1.807, 2.05) is 13.8 Å². The Bertz CT molecular complexity index is 1620. The SMILES string of the molecule is CC(C)C(=O)OCc1ccc(NC(=O)[C@H](CCCNC(N)=O)NC(=O)[C@H](NCCCOc2ccc(-n3c(=O)[nH][nH]c3=O)cc2)C(C)C)cc1. The van der Waals surface area contributed by atoms with Crippen molar-refractivity contribution in [3.63, 3.8) is 0 Å². The molecule has 2 atom stereocenters. The van der Waals surface area contributed by atoms with Crippen LogP contribution in [0.1, 0.15) is 52.5 Å². The maximum atomic E-state index is 13.4. The zero-order valence-electron chi connectivity index (χ0n) is 28.2. The van der Waals surface area contributed by atoms with E-state index in [2.05, 4.69) is 31.5 Å². The number of urea groups is 1. The lowest BCUT2D eigenvalue weighted by Gasteiger charge is -2.25. The molecule has 3 aromatic rings. The van der Waals surface area contributed by atoms with Crippen molar-refractivity contribution in [2.75, 3.05) is 25.0 Å². The van der Waals surface area contributed by atoms with Gasteiger partial charge in [0.25, 0.3) is 0 Å². The van der Waals surface area contributed by atoms with Crippen molar-refractivity contribution in [3.8, 4) is 11.4 Å². The Hall–Kier alpha value is -5.38. The molecule has 0 saturated carbocycles. The van der Waals surface area contributed by atoms with Crippen LogP contribution in [0.2, 0.25) is 0 Å². The number of nitrogens with two attached hydrogens (primary N) is 1. The first kappa shape index (κ1) is 38.1. The van der Waals surface area contributed by atoms with E-state index in [0.29, 0.717) is 43.1 Å². The van der Waals surface area contributed by atoms with Gasteiger partial charge < -0.3 is 36.5 Å². The van der Waals surface area contributed by atoms with E-state index in [4.69, 9.17) is 15.2 Å². The zero-order chi connectivity index (χ0) is 35.9. The second kappa shape index (κ2) is 18.8. The molecule has 49 heavy (non-hydrogen) atoms. The average molecular weight is 683 g/mol. The van der Waals surface area contributed by atoms with E-state index in [1.165, 1.54) is 0 Å². The van der Waals surface area contributed by atoms with Crippen LogP contribution >= 0.6 is 0 Å². The molecule has 0 aliphatic rings. The smallest absolute Gasteiger partial charge is 0.348 e. The van der Waals surface area contributed by atoms with Crippen LogP contribution in [0.15, 0.2) is 58.1 Å². The van der Waals surface area contributed by atoms with Crippen LogP contribution in [-0.2, 0) is 25.7 Å². The average Bonchev–Trinajstić information content (AvgIpc) is 3.40. The summed E-state index contributed by atoms with van der Waals surface area (Å²) in [7, 11) is 0. The summed E-state index contributed by atoms with van der Waals surface area (Å²) in [5, 5.41) is 15.9. The largest absolute Gasteiger partial charge is 0.494 e. The van der Waals surface area contributed by atoms with Gasteiger partial charge in [-0.2, -0.15) is 0 Å². The Morgan fingerprint density at radius 3 is 2.10 bits per heavy atom. The molecule has 2 aromatic carbocycles. The summed E-state index contributed by atoms with van der Waals surface area (Å²) in [4.78, 5) is 73.2. The van der Waals surface area contributed by atoms with Gasteiger partial charge in [-0.3, -0.25) is 14.4 Å². The van der Waals surface area contributed by atoms with Crippen LogP contribution in [0, 0.1) is 11.8 Å². The van der Waals surface area contributed by atoms with Crippen molar-refractivity contribution in [1.82, 2.24) is 30.7 Å². The van der Waals surface area contributed by atoms with Crippen molar-refractivity contribution >= 4 is 29.5 Å². The fourth-order valence-corrected chi connectivity index (χ4v) is 4.67. The number of esters is 1. The number of rotatable bonds is 19. The highest BCUT2D eigenvalue weighted by molar-refractivity contribution is 5.97. The maximum absolute atomic E-state index is 13.4. The Kier molecular flexibility index (Phi) is 14.6. The zero-order valence-corrected chi connectivity index (χ0v) is 28.2. The Morgan fingerprint density at radius 2 is 1.51 bits per heavy atom. The van der Waals surface area contributed by atoms with E-state index in [0.717, 1.165) is 10.1 Å². The molecule has 0 aliphatic carbocycles. The third kappa shape index (κ3) is 12.3. The third-order valence-corrected chi connectivity index (χ3v) is 7.36. The fraction of sp³-hybridized carbons (Fsp3) is 0.455. The van der Waals surface area contributed by atoms with Gasteiger partial charge >= 0.3 is 23.4 Å². The maximum Gasteiger partial charge on any atom is 0.348 e. The molecule has 0 spiro atoms. The molecule has 0 saturated heterocycles. The van der Waals surface area contributed by atoms with Crippen molar-refractivity contribution in [3.05, 3.63) is 75.1 Å². The summed E-state index contributed by atoms with van der Waals surface area (Å²) < 4.78 is 12.0. The second-order valence-electron chi connectivity index (χ2n) is 12.0. The summed E-state index contributed by atoms with van der Waals surface area (Å²) >= 11 is 0. The number of aromatic nitrogens is 3. The summed E-state index contributed by atoms with van der Waals surface area (Å²) in [5.41, 5.74) is 5.65. The molecule has 0 aliphatic heterocycles. The molecule has 1 heterocycles. The second-order valence-corrected chi connectivity index (χ2v) is 12.0. The van der Waals surface area contributed by atoms with Crippen molar-refractivity contribution in [1.29, 1.82) is 0 Å². The van der Waals surface area contributed by atoms with E-state index in [1.54, 1.807) is 62.4 Å². The summed E-state index contributed by atoms with van der Waals surface area (Å²) in [6, 6.07) is 11.1. The molecule has 8 N–H and O–H groups in total. The topological polar surface area (TPSA) is 232 Å². The van der Waals surface area contributed by atoms with Crippen molar-refractivity contribution < 1.29 is 28.7 Å². The summed E-state index contributed by atoms with van der Waals surface area (Å²) in [6.45, 7) is 8.41. The fourth-order valence-electron chi connectivity index (χ4n) is 4.67. The number of ether oxygens (including phenoxy) is 2. The number of anilines is 1. The minimum absolute atomic E-state index is 0.106. The monoisotopic (exact) mass is 682 g/mol. The Labute approximate surface area is 283 Å². The molecule has 16 heteroatoms. The van der Waals surface area contributed by atoms with Gasteiger partial charge in [0.15, 0.2) is 0 Å². The summed E-state index contributed by atoms with van der Waals surface area (Å²) in [6.07, 6.45) is 1.19. The van der Waals surface area contributed by atoms with Crippen LogP contribution in [0.4, 0.5) is 10.5 Å². The van der Waals surface area contributed by atoms with Gasteiger partial charge in [-0.25, -0.2) is 29.1 Å². The molecule has 4 amide bonds. The number of hydrogen-bond acceptors (Lipinski definition) is 9. The summed E-state index contributed by atoms with van der Waals surface area (Å²) in [5.74, 6) is -0.886. The number of amides is 4. The molecular formula is C33H46N8O8. The van der Waals surface area contributed by atoms with Crippen LogP contribution in [0.3, 0.4) is 0 Å². The number of primary amides is 1. The number of H-pyrrole nitrogens is 2. The number of nitrogens with one attached hydrogen (secondary N) is 6. The minimum atomic E-state index is -0.902. The van der Waals surface area contributed by atoms with Crippen LogP contribution < -0.4 is 43.1 Å². The standard InChI is InChI=1S/C33H46N8O8/c1-20(2)27(35-17-6-18-48-25-14-12-24(13-15-25)41-32(46)39-40-33(41)47)29(43)38-26(7-5-16-36-31(34)45)28(42)37-23-10-8-22(9-11-23)19-49-30(44)21(3)4/h8-15,20-21,26-27,35H,5-7,16-19H2,1-4H3,(H,37,42)(H,38,43)(H,39,46)(H,40,47)(H3,34,36,45)/t26-,27+/m0/s1. The number of benzene rings is 2. The Balaban J connectivity index is 1.53. The molecule has 0 radical (unpaired) electrons. The molecule has 1 aromatic heterocycles. The first-order valence-corrected chi connectivity index (χ1v) is 16.1. The van der Waals surface area contributed by atoms with Gasteiger partial charge in [0.1, 0.15) is 18.4 Å². The molecule has 0 unspecified atom stereocenters. The van der Waals surface area contributed by atoms with Crippen molar-refractivity contribution in [2.24, 2.45) is 17.6 Å². The van der Waals surface area contributed by atoms with Crippen LogP contribution in [0.25, 0.3) is 5.69 Å². The quantitative estimate of drug-likeness (QED) is 0.0716. The van der Waals surface area contributed by atoms with Crippen molar-refractivity contribution in [2.45, 2.75) is 65.6 Å². The normalized spacial score (nSPS) is 12.3. The van der Waals surface area contributed by atoms with Gasteiger partial charge in [0.05, 0.1) is 24.3 Å². The number of aromatic amines is 2.